The van der Waals surface area contributed by atoms with Gasteiger partial charge in [-0.15, -0.1) is 0 Å². The molecule has 1 aliphatic rings. The van der Waals surface area contributed by atoms with E-state index in [2.05, 4.69) is 15.9 Å². The van der Waals surface area contributed by atoms with Crippen LogP contribution in [0.1, 0.15) is 17.5 Å². The monoisotopic (exact) mass is 300 g/mol. The molecule has 1 fully saturated rings. The van der Waals surface area contributed by atoms with E-state index in [9.17, 15) is 5.11 Å². The van der Waals surface area contributed by atoms with Gasteiger partial charge in [0.05, 0.1) is 11.4 Å². The molecule has 0 bridgehead atoms. The average molecular weight is 301 g/mol. The number of rotatable bonds is 2. The molecule has 0 saturated carbocycles. The van der Waals surface area contributed by atoms with Crippen molar-refractivity contribution in [1.29, 1.82) is 0 Å². The zero-order valence-corrected chi connectivity index (χ0v) is 11.6. The SMILES string of the molecule is CO[C@@H]1OCC[C@](O)(c2cccc(C)c2)[C@@H]1Br. The van der Waals surface area contributed by atoms with Crippen molar-refractivity contribution < 1.29 is 14.6 Å². The van der Waals surface area contributed by atoms with Gasteiger partial charge in [0.2, 0.25) is 0 Å². The lowest BCUT2D eigenvalue weighted by Gasteiger charge is -2.41. The maximum atomic E-state index is 10.8. The number of hydrogen-bond acceptors (Lipinski definition) is 3. The first-order valence-corrected chi connectivity index (χ1v) is 6.57. The third-order valence-electron chi connectivity index (χ3n) is 3.21. The Morgan fingerprint density at radius 3 is 2.94 bits per heavy atom. The summed E-state index contributed by atoms with van der Waals surface area (Å²) in [6.45, 7) is 2.51. The number of hydrogen-bond donors (Lipinski definition) is 1. The molecule has 0 amide bonds. The van der Waals surface area contributed by atoms with Gasteiger partial charge in [-0.05, 0) is 12.5 Å². The van der Waals surface area contributed by atoms with E-state index in [4.69, 9.17) is 9.47 Å². The number of alkyl halides is 1. The maximum absolute atomic E-state index is 10.8. The Kier molecular flexibility index (Phi) is 3.88. The molecule has 4 heteroatoms. The minimum absolute atomic E-state index is 0.268. The smallest absolute Gasteiger partial charge is 0.172 e. The Morgan fingerprint density at radius 2 is 2.29 bits per heavy atom. The summed E-state index contributed by atoms with van der Waals surface area (Å²) in [6.07, 6.45) is 0.140. The molecular weight excluding hydrogens is 284 g/mol. The fraction of sp³-hybridized carbons (Fsp3) is 0.538. The van der Waals surface area contributed by atoms with Crippen LogP contribution in [-0.4, -0.2) is 29.9 Å². The Hall–Kier alpha value is -0.420. The lowest BCUT2D eigenvalue weighted by molar-refractivity contribution is -0.194. The molecule has 1 N–H and O–H groups in total. The molecular formula is C13H17BrO3. The van der Waals surface area contributed by atoms with Crippen LogP contribution in [0.2, 0.25) is 0 Å². The van der Waals surface area contributed by atoms with E-state index in [0.29, 0.717) is 13.0 Å². The van der Waals surface area contributed by atoms with Crippen LogP contribution >= 0.6 is 15.9 Å². The molecule has 2 rings (SSSR count). The van der Waals surface area contributed by atoms with Gasteiger partial charge in [-0.3, -0.25) is 0 Å². The first-order valence-electron chi connectivity index (χ1n) is 5.66. The summed E-state index contributed by atoms with van der Waals surface area (Å²) in [5.74, 6) is 0. The van der Waals surface area contributed by atoms with Crippen molar-refractivity contribution in [3.63, 3.8) is 0 Å². The molecule has 1 aliphatic heterocycles. The number of aliphatic hydroxyl groups is 1. The van der Waals surface area contributed by atoms with E-state index < -0.39 is 11.9 Å². The summed E-state index contributed by atoms with van der Waals surface area (Å²) >= 11 is 3.50. The second kappa shape index (κ2) is 5.06. The van der Waals surface area contributed by atoms with Crippen molar-refractivity contribution in [2.45, 2.75) is 30.1 Å². The highest BCUT2D eigenvalue weighted by Crippen LogP contribution is 2.39. The molecule has 1 heterocycles. The number of benzene rings is 1. The number of halogens is 1. The van der Waals surface area contributed by atoms with E-state index in [0.717, 1.165) is 11.1 Å². The topological polar surface area (TPSA) is 38.7 Å². The zero-order valence-electron chi connectivity index (χ0n) is 10.0. The van der Waals surface area contributed by atoms with Crippen molar-refractivity contribution in [1.82, 2.24) is 0 Å². The maximum Gasteiger partial charge on any atom is 0.172 e. The van der Waals surface area contributed by atoms with E-state index in [-0.39, 0.29) is 4.83 Å². The second-order valence-electron chi connectivity index (χ2n) is 4.42. The predicted molar refractivity (Wildman–Crippen MR) is 69.2 cm³/mol. The lowest BCUT2D eigenvalue weighted by atomic mass is 9.85. The number of methoxy groups -OCH3 is 1. The molecule has 94 valence electrons. The number of aryl methyl sites for hydroxylation is 1. The summed E-state index contributed by atoms with van der Waals surface area (Å²) in [5.41, 5.74) is 1.10. The van der Waals surface area contributed by atoms with Crippen molar-refractivity contribution >= 4 is 15.9 Å². The fourth-order valence-electron chi connectivity index (χ4n) is 2.18. The van der Waals surface area contributed by atoms with Gasteiger partial charge in [-0.2, -0.15) is 0 Å². The highest BCUT2D eigenvalue weighted by Gasteiger charge is 2.45. The summed E-state index contributed by atoms with van der Waals surface area (Å²) in [6, 6.07) is 7.93. The van der Waals surface area contributed by atoms with Crippen molar-refractivity contribution in [3.05, 3.63) is 35.4 Å². The third kappa shape index (κ3) is 2.40. The first-order chi connectivity index (χ1) is 8.08. The van der Waals surface area contributed by atoms with E-state index in [1.165, 1.54) is 0 Å². The largest absolute Gasteiger partial charge is 0.384 e. The standard InChI is InChI=1S/C13H17BrO3/c1-9-4-3-5-10(8-9)13(15)6-7-17-12(16-2)11(13)14/h3-5,8,11-12,15H,6-7H2,1-2H3/t11-,12-,13+/m1/s1. The molecule has 3 nitrogen and oxygen atoms in total. The van der Waals surface area contributed by atoms with Crippen LogP contribution in [0.3, 0.4) is 0 Å². The normalized spacial score (nSPS) is 33.6. The van der Waals surface area contributed by atoms with E-state index in [1.54, 1.807) is 7.11 Å². The van der Waals surface area contributed by atoms with Crippen LogP contribution in [0.15, 0.2) is 24.3 Å². The Morgan fingerprint density at radius 1 is 1.53 bits per heavy atom. The number of ether oxygens (including phenoxy) is 2. The van der Waals surface area contributed by atoms with Crippen LogP contribution in [0.5, 0.6) is 0 Å². The van der Waals surface area contributed by atoms with Crippen LogP contribution in [-0.2, 0) is 15.1 Å². The molecule has 1 saturated heterocycles. The van der Waals surface area contributed by atoms with Gasteiger partial charge in [0, 0.05) is 13.5 Å². The lowest BCUT2D eigenvalue weighted by Crippen LogP contribution is -2.49. The van der Waals surface area contributed by atoms with Gasteiger partial charge in [-0.25, -0.2) is 0 Å². The van der Waals surface area contributed by atoms with Crippen LogP contribution in [0.4, 0.5) is 0 Å². The third-order valence-corrected chi connectivity index (χ3v) is 4.40. The molecule has 3 atom stereocenters. The summed E-state index contributed by atoms with van der Waals surface area (Å²) in [5, 5.41) is 10.8. The van der Waals surface area contributed by atoms with Crippen molar-refractivity contribution in [2.24, 2.45) is 0 Å². The zero-order chi connectivity index (χ0) is 12.5. The fourth-order valence-corrected chi connectivity index (χ4v) is 3.05. The minimum atomic E-state index is -0.940. The molecule has 0 spiro atoms. The van der Waals surface area contributed by atoms with Gasteiger partial charge >= 0.3 is 0 Å². The van der Waals surface area contributed by atoms with Crippen molar-refractivity contribution in [3.8, 4) is 0 Å². The quantitative estimate of drug-likeness (QED) is 0.852. The second-order valence-corrected chi connectivity index (χ2v) is 5.41. The van der Waals surface area contributed by atoms with Gasteiger partial charge in [0.1, 0.15) is 5.60 Å². The van der Waals surface area contributed by atoms with Gasteiger partial charge in [-0.1, -0.05) is 45.8 Å². The van der Waals surface area contributed by atoms with Crippen LogP contribution in [0.25, 0.3) is 0 Å². The highest BCUT2D eigenvalue weighted by molar-refractivity contribution is 9.09. The minimum Gasteiger partial charge on any atom is -0.384 e. The Bertz CT molecular complexity index is 396. The van der Waals surface area contributed by atoms with Crippen molar-refractivity contribution in [2.75, 3.05) is 13.7 Å². The molecule has 0 unspecified atom stereocenters. The molecule has 0 aliphatic carbocycles. The molecule has 17 heavy (non-hydrogen) atoms. The van der Waals surface area contributed by atoms with Gasteiger partial charge < -0.3 is 14.6 Å². The summed E-state index contributed by atoms with van der Waals surface area (Å²) in [4.78, 5) is -0.268. The van der Waals surface area contributed by atoms with Gasteiger partial charge in [0.25, 0.3) is 0 Å². The summed E-state index contributed by atoms with van der Waals surface area (Å²) in [7, 11) is 1.58. The molecule has 1 aromatic carbocycles. The molecule has 0 aromatic heterocycles. The van der Waals surface area contributed by atoms with Crippen LogP contribution < -0.4 is 0 Å². The van der Waals surface area contributed by atoms with Gasteiger partial charge in [0.15, 0.2) is 6.29 Å². The summed E-state index contributed by atoms with van der Waals surface area (Å²) < 4.78 is 10.7. The molecule has 0 radical (unpaired) electrons. The van der Waals surface area contributed by atoms with Crippen LogP contribution in [0, 0.1) is 6.92 Å². The predicted octanol–water partition coefficient (Wildman–Crippen LogP) is 2.34. The highest BCUT2D eigenvalue weighted by atomic mass is 79.9. The van der Waals surface area contributed by atoms with E-state index in [1.807, 2.05) is 31.2 Å². The Labute approximate surface area is 110 Å². The van der Waals surface area contributed by atoms with E-state index >= 15 is 0 Å². The Balaban J connectivity index is 2.34. The first kappa shape index (κ1) is 13.0. The average Bonchev–Trinajstić information content (AvgIpc) is 2.33. The molecule has 1 aromatic rings.